The maximum Gasteiger partial charge on any atom is 0.238 e. The van der Waals surface area contributed by atoms with Gasteiger partial charge in [-0.15, -0.1) is 11.3 Å². The molecule has 0 spiro atoms. The highest BCUT2D eigenvalue weighted by atomic mass is 32.1. The summed E-state index contributed by atoms with van der Waals surface area (Å²) in [4.78, 5) is 15.4. The minimum atomic E-state index is 0.575. The van der Waals surface area contributed by atoms with E-state index < -0.39 is 0 Å². The van der Waals surface area contributed by atoms with E-state index in [2.05, 4.69) is 340 Å². The first-order chi connectivity index (χ1) is 53.1. The van der Waals surface area contributed by atoms with E-state index in [0.29, 0.717) is 17.6 Å². The maximum atomic E-state index is 5.18. The van der Waals surface area contributed by atoms with Gasteiger partial charge in [0.1, 0.15) is 0 Å². The molecule has 0 aliphatic carbocycles. The van der Waals surface area contributed by atoms with E-state index >= 15 is 0 Å². The molecule has 8 heteroatoms. The molecule has 0 bridgehead atoms. The third kappa shape index (κ3) is 10.2. The van der Waals surface area contributed by atoms with Crippen molar-refractivity contribution in [3.8, 4) is 90.3 Å². The molecule has 0 saturated heterocycles. The zero-order chi connectivity index (χ0) is 70.5. The smallest absolute Gasteiger partial charge is 0.238 e. The highest BCUT2D eigenvalue weighted by Gasteiger charge is 2.26. The average Bonchev–Trinajstić information content (AvgIpc) is 1.58. The van der Waals surface area contributed by atoms with Crippen LogP contribution in [0.3, 0.4) is 0 Å². The summed E-state index contributed by atoms with van der Waals surface area (Å²) in [6.45, 7) is 0. The highest BCUT2D eigenvalue weighted by molar-refractivity contribution is 7.25. The molecule has 22 rings (SSSR count). The average molecular weight is 1380 g/mol. The molecule has 0 atom stereocenters. The summed E-state index contributed by atoms with van der Waals surface area (Å²) in [6.07, 6.45) is 0. The van der Waals surface area contributed by atoms with E-state index in [4.69, 9.17) is 15.0 Å². The van der Waals surface area contributed by atoms with Gasteiger partial charge in [0.25, 0.3) is 0 Å². The summed E-state index contributed by atoms with van der Waals surface area (Å²) >= 11 is 1.86. The number of hydrogen-bond donors (Lipinski definition) is 0. The predicted molar refractivity (Wildman–Crippen MR) is 449 cm³/mol. The Morgan fingerprint density at radius 3 is 1.02 bits per heavy atom. The fraction of sp³-hybridized carbons (Fsp3) is 0. The van der Waals surface area contributed by atoms with Crippen LogP contribution in [0.25, 0.3) is 198 Å². The molecule has 500 valence electrons. The monoisotopic (exact) mass is 1380 g/mol. The number of nitrogens with zero attached hydrogens (tertiary/aromatic N) is 7. The van der Waals surface area contributed by atoms with Gasteiger partial charge in [-0.1, -0.05) is 273 Å². The first-order valence-electron chi connectivity index (χ1n) is 36.3. The van der Waals surface area contributed by atoms with E-state index in [-0.39, 0.29) is 0 Å². The van der Waals surface area contributed by atoms with Crippen molar-refractivity contribution in [3.63, 3.8) is 0 Å². The number of aromatic nitrogens is 7. The van der Waals surface area contributed by atoms with Crippen molar-refractivity contribution in [2.45, 2.75) is 0 Å². The Morgan fingerprint density at radius 2 is 0.542 bits per heavy atom. The maximum absolute atomic E-state index is 5.18. The van der Waals surface area contributed by atoms with Crippen LogP contribution in [-0.4, -0.2) is 33.2 Å². The lowest BCUT2D eigenvalue weighted by Gasteiger charge is -2.15. The number of hydrogen-bond acceptors (Lipinski definition) is 4. The van der Waals surface area contributed by atoms with Gasteiger partial charge in [0.05, 0.1) is 44.1 Å². The van der Waals surface area contributed by atoms with Crippen molar-refractivity contribution < 1.29 is 0 Å². The van der Waals surface area contributed by atoms with Crippen LogP contribution in [0, 0.1) is 0 Å². The molecule has 0 amide bonds. The van der Waals surface area contributed by atoms with Crippen LogP contribution in [0.1, 0.15) is 0 Å². The molecule has 0 fully saturated rings. The SMILES string of the molecule is c1ccc(-c2c(-c3ccc4c(c3)c3ccccc3n4-c3ccccc3)ccc3c2c2ccccc2n3-c2ccc3sc4ccccc4c3c2)cc1.c1ccc(-c2nc(-c3ccccc3)nc(-n3c4ccccc4c4c(-c5ccccc5)c(-c5ccc6c(c5)c5ccccc5n6-c5ccccc5)ccc43)n2)cc1. The molecule has 6 heterocycles. The summed E-state index contributed by atoms with van der Waals surface area (Å²) in [7, 11) is 0. The van der Waals surface area contributed by atoms with Gasteiger partial charge in [0.15, 0.2) is 11.6 Å². The van der Waals surface area contributed by atoms with Crippen LogP contribution < -0.4 is 0 Å². The number of para-hydroxylation sites is 6. The second-order valence-corrected chi connectivity index (χ2v) is 28.4. The fourth-order valence-electron chi connectivity index (χ4n) is 16.6. The Bertz CT molecular complexity index is 7160. The quantitative estimate of drug-likeness (QED) is 0.137. The lowest BCUT2D eigenvalue weighted by atomic mass is 9.90. The lowest BCUT2D eigenvalue weighted by Crippen LogP contribution is -2.06. The molecule has 6 aromatic heterocycles. The Morgan fingerprint density at radius 1 is 0.196 bits per heavy atom. The third-order valence-corrected chi connectivity index (χ3v) is 22.5. The third-order valence-electron chi connectivity index (χ3n) is 21.3. The molecule has 0 unspecified atom stereocenters. The molecule has 107 heavy (non-hydrogen) atoms. The van der Waals surface area contributed by atoms with Gasteiger partial charge < -0.3 is 13.7 Å². The Balaban J connectivity index is 0.000000138. The number of fused-ring (bicyclic) bond motifs is 15. The first kappa shape index (κ1) is 61.6. The second kappa shape index (κ2) is 25.4. The van der Waals surface area contributed by atoms with Gasteiger partial charge in [0.2, 0.25) is 5.95 Å². The van der Waals surface area contributed by atoms with Crippen LogP contribution in [0.2, 0.25) is 0 Å². The molecule has 0 saturated carbocycles. The molecule has 0 aliphatic rings. The van der Waals surface area contributed by atoms with Crippen molar-refractivity contribution in [1.82, 2.24) is 33.2 Å². The first-order valence-corrected chi connectivity index (χ1v) is 37.1. The number of rotatable bonds is 10. The summed E-state index contributed by atoms with van der Waals surface area (Å²) in [5, 5.41) is 12.4. The summed E-state index contributed by atoms with van der Waals surface area (Å²) in [5.74, 6) is 1.83. The molecule has 22 aromatic rings. The standard InChI is InChI=1S/C51H33N5.C48H30N2S/c1-5-17-34(18-6-1)47-39(37-29-31-45-42(33-37)40-25-13-15-27-43(40)55(45)38-23-11-4-12-24-38)30-32-46-48(47)41-26-14-16-28-44(41)56(46)51-53-49(35-19-7-2-8-20-35)52-50(54-51)36-21-9-3-10-22-36;1-3-13-31(14-4-1)47-35(32-23-26-43-39(29-32)36-17-7-10-20-41(36)49(43)33-15-5-2-6-16-33)25-27-44-48(47)38-19-8-11-21-42(38)50(44)34-24-28-46-40(30-34)37-18-9-12-22-45(37)51-46/h1-33H;1-30H. The largest absolute Gasteiger partial charge is 0.309 e. The summed E-state index contributed by atoms with van der Waals surface area (Å²) < 4.78 is 12.1. The minimum absolute atomic E-state index is 0.575. The topological polar surface area (TPSA) is 58.4 Å². The number of thiophene rings is 1. The minimum Gasteiger partial charge on any atom is -0.309 e. The van der Waals surface area contributed by atoms with E-state index in [1.54, 1.807) is 0 Å². The molecule has 16 aromatic carbocycles. The van der Waals surface area contributed by atoms with E-state index in [9.17, 15) is 0 Å². The van der Waals surface area contributed by atoms with Crippen LogP contribution in [0.15, 0.2) is 382 Å². The molecule has 0 N–H and O–H groups in total. The Kier molecular flexibility index (Phi) is 14.6. The van der Waals surface area contributed by atoms with Gasteiger partial charge in [-0.2, -0.15) is 9.97 Å². The van der Waals surface area contributed by atoms with Crippen LogP contribution >= 0.6 is 11.3 Å². The molecular weight excluding hydrogens is 1320 g/mol. The molecular formula is C99H63N7S. The van der Waals surface area contributed by atoms with Crippen molar-refractivity contribution in [2.24, 2.45) is 0 Å². The summed E-state index contributed by atoms with van der Waals surface area (Å²) in [6, 6.07) is 137. The van der Waals surface area contributed by atoms with Gasteiger partial charge in [-0.05, 0) is 154 Å². The van der Waals surface area contributed by atoms with E-state index in [1.165, 1.54) is 125 Å². The van der Waals surface area contributed by atoms with Crippen LogP contribution in [0.4, 0.5) is 0 Å². The zero-order valence-electron chi connectivity index (χ0n) is 57.9. The molecule has 7 nitrogen and oxygen atoms in total. The normalized spacial score (nSPS) is 11.7. The second-order valence-electron chi connectivity index (χ2n) is 27.3. The van der Waals surface area contributed by atoms with Crippen LogP contribution in [-0.2, 0) is 0 Å². The van der Waals surface area contributed by atoms with E-state index in [0.717, 1.165) is 55.3 Å². The predicted octanol–water partition coefficient (Wildman–Crippen LogP) is 26.3. The van der Waals surface area contributed by atoms with Crippen molar-refractivity contribution in [2.75, 3.05) is 0 Å². The molecule has 0 radical (unpaired) electrons. The molecule has 0 aliphatic heterocycles. The lowest BCUT2D eigenvalue weighted by molar-refractivity contribution is 0.953. The van der Waals surface area contributed by atoms with E-state index in [1.807, 2.05) is 72.0 Å². The fourth-order valence-corrected chi connectivity index (χ4v) is 17.7. The summed E-state index contributed by atoms with van der Waals surface area (Å²) in [5.41, 5.74) is 24.2. The van der Waals surface area contributed by atoms with Gasteiger partial charge in [0, 0.05) is 91.5 Å². The van der Waals surface area contributed by atoms with Crippen molar-refractivity contribution in [1.29, 1.82) is 0 Å². The van der Waals surface area contributed by atoms with Gasteiger partial charge in [-0.3, -0.25) is 4.57 Å². The Hall–Kier alpha value is -14.1. The van der Waals surface area contributed by atoms with Gasteiger partial charge >= 0.3 is 0 Å². The van der Waals surface area contributed by atoms with Crippen LogP contribution in [0.5, 0.6) is 0 Å². The Labute approximate surface area is 620 Å². The zero-order valence-corrected chi connectivity index (χ0v) is 58.7. The van der Waals surface area contributed by atoms with Gasteiger partial charge in [-0.25, -0.2) is 4.98 Å². The van der Waals surface area contributed by atoms with Crippen molar-refractivity contribution >= 4 is 119 Å². The number of benzene rings is 16. The highest BCUT2D eigenvalue weighted by Crippen LogP contribution is 2.49. The van der Waals surface area contributed by atoms with Crippen molar-refractivity contribution in [3.05, 3.63) is 382 Å².